The molecule has 2 atom stereocenters. The van der Waals surface area contributed by atoms with Gasteiger partial charge in [0.2, 0.25) is 0 Å². The Kier molecular flexibility index (Phi) is 7.87. The van der Waals surface area contributed by atoms with E-state index in [-0.39, 0.29) is 17.4 Å². The number of carbonyl (C=O) groups excluding carboxylic acids is 2. The van der Waals surface area contributed by atoms with E-state index in [0.717, 1.165) is 6.42 Å². The van der Waals surface area contributed by atoms with Gasteiger partial charge in [0.1, 0.15) is 0 Å². The van der Waals surface area contributed by atoms with Crippen LogP contribution in [0.25, 0.3) is 0 Å². The number of nitrogens with one attached hydrogen (secondary N) is 1. The third kappa shape index (κ3) is 5.49. The molecule has 0 bridgehead atoms. The maximum atomic E-state index is 12.4. The summed E-state index contributed by atoms with van der Waals surface area (Å²) in [5.41, 5.74) is 1.45. The largest absolute Gasteiger partial charge is 0.493 e. The van der Waals surface area contributed by atoms with Crippen molar-refractivity contribution in [3.63, 3.8) is 0 Å². The zero-order valence-corrected chi connectivity index (χ0v) is 16.7. The van der Waals surface area contributed by atoms with Crippen molar-refractivity contribution < 1.29 is 23.8 Å². The molecule has 150 valence electrons. The Morgan fingerprint density at radius 1 is 1.00 bits per heavy atom. The van der Waals surface area contributed by atoms with Crippen molar-refractivity contribution in [1.82, 2.24) is 5.32 Å². The summed E-state index contributed by atoms with van der Waals surface area (Å²) in [4.78, 5) is 24.7. The van der Waals surface area contributed by atoms with Crippen LogP contribution in [0.1, 0.15) is 42.1 Å². The lowest BCUT2D eigenvalue weighted by Gasteiger charge is -2.18. The number of rotatable bonds is 9. The van der Waals surface area contributed by atoms with E-state index < -0.39 is 12.1 Å². The van der Waals surface area contributed by atoms with Crippen molar-refractivity contribution >= 4 is 11.9 Å². The van der Waals surface area contributed by atoms with Crippen LogP contribution >= 0.6 is 0 Å². The number of esters is 1. The maximum Gasteiger partial charge on any atom is 0.339 e. The molecule has 1 N–H and O–H groups in total. The molecule has 0 aliphatic rings. The fourth-order valence-electron chi connectivity index (χ4n) is 2.84. The maximum absolute atomic E-state index is 12.4. The van der Waals surface area contributed by atoms with Crippen molar-refractivity contribution in [3.05, 3.63) is 59.7 Å². The van der Waals surface area contributed by atoms with E-state index in [9.17, 15) is 9.59 Å². The Bertz CT molecular complexity index is 791. The Morgan fingerprint density at radius 2 is 1.68 bits per heavy atom. The highest BCUT2D eigenvalue weighted by Gasteiger charge is 2.21. The normalized spacial score (nSPS) is 12.6. The van der Waals surface area contributed by atoms with Crippen LogP contribution < -0.4 is 14.8 Å². The average Bonchev–Trinajstić information content (AvgIpc) is 2.74. The lowest BCUT2D eigenvalue weighted by molar-refractivity contribution is -0.129. The fourth-order valence-corrected chi connectivity index (χ4v) is 2.84. The molecule has 0 spiro atoms. The summed E-state index contributed by atoms with van der Waals surface area (Å²) in [7, 11) is 3.00. The highest BCUT2D eigenvalue weighted by molar-refractivity contribution is 5.92. The molecule has 0 aromatic heterocycles. The average molecular weight is 385 g/mol. The van der Waals surface area contributed by atoms with Gasteiger partial charge in [-0.3, -0.25) is 4.79 Å². The number of amides is 1. The topological polar surface area (TPSA) is 73.9 Å². The molecule has 6 nitrogen and oxygen atoms in total. The van der Waals surface area contributed by atoms with E-state index in [2.05, 4.69) is 12.2 Å². The second-order valence-corrected chi connectivity index (χ2v) is 6.38. The number of benzene rings is 2. The highest BCUT2D eigenvalue weighted by Crippen LogP contribution is 2.28. The first-order valence-corrected chi connectivity index (χ1v) is 9.25. The van der Waals surface area contributed by atoms with E-state index in [1.165, 1.54) is 25.8 Å². The van der Waals surface area contributed by atoms with Crippen molar-refractivity contribution in [3.8, 4) is 11.5 Å². The molecule has 0 heterocycles. The summed E-state index contributed by atoms with van der Waals surface area (Å²) >= 11 is 0. The minimum atomic E-state index is -0.908. The van der Waals surface area contributed by atoms with Crippen LogP contribution in [0.15, 0.2) is 48.5 Å². The number of ether oxygens (including phenoxy) is 3. The lowest BCUT2D eigenvalue weighted by Crippen LogP contribution is -2.38. The third-order valence-corrected chi connectivity index (χ3v) is 4.56. The molecule has 0 aliphatic heterocycles. The fraction of sp³-hybridized carbons (Fsp3) is 0.364. The zero-order chi connectivity index (χ0) is 20.5. The van der Waals surface area contributed by atoms with Gasteiger partial charge in [0.15, 0.2) is 17.6 Å². The molecule has 0 fully saturated rings. The number of hydrogen-bond acceptors (Lipinski definition) is 5. The van der Waals surface area contributed by atoms with Gasteiger partial charge in [-0.1, -0.05) is 37.3 Å². The Labute approximate surface area is 165 Å². The predicted octanol–water partition coefficient (Wildman–Crippen LogP) is 3.56. The van der Waals surface area contributed by atoms with Crippen molar-refractivity contribution in [2.45, 2.75) is 32.3 Å². The van der Waals surface area contributed by atoms with E-state index in [4.69, 9.17) is 14.2 Å². The first kappa shape index (κ1) is 21.3. The number of hydrogen-bond donors (Lipinski definition) is 1. The quantitative estimate of drug-likeness (QED) is 0.668. The molecule has 0 saturated heterocycles. The van der Waals surface area contributed by atoms with Crippen molar-refractivity contribution in [2.24, 2.45) is 0 Å². The van der Waals surface area contributed by atoms with Crippen LogP contribution in [-0.4, -0.2) is 38.7 Å². The third-order valence-electron chi connectivity index (χ3n) is 4.56. The monoisotopic (exact) mass is 385 g/mol. The standard InChI is InChI=1S/C22H27NO5/c1-5-16(17-9-7-6-8-10-17)14-23-21(24)15(2)28-22(25)18-11-12-19(26-3)20(13-18)27-4/h6-13,15-16H,5,14H2,1-4H3,(H,23,24)/t15-,16+/m1/s1. The molecule has 2 aromatic carbocycles. The molecule has 2 rings (SSSR count). The molecule has 0 radical (unpaired) electrons. The summed E-state index contributed by atoms with van der Waals surface area (Å²) < 4.78 is 15.6. The Morgan fingerprint density at radius 3 is 2.29 bits per heavy atom. The smallest absolute Gasteiger partial charge is 0.339 e. The molecular weight excluding hydrogens is 358 g/mol. The molecule has 2 aromatic rings. The van der Waals surface area contributed by atoms with Gasteiger partial charge in [0.25, 0.3) is 5.91 Å². The summed E-state index contributed by atoms with van der Waals surface area (Å²) in [6, 6.07) is 14.7. The van der Waals surface area contributed by atoms with Crippen LogP contribution in [-0.2, 0) is 9.53 Å². The van der Waals surface area contributed by atoms with Crippen LogP contribution in [0.4, 0.5) is 0 Å². The second kappa shape index (κ2) is 10.3. The van der Waals surface area contributed by atoms with Crippen LogP contribution in [0.2, 0.25) is 0 Å². The van der Waals surface area contributed by atoms with Crippen molar-refractivity contribution in [1.29, 1.82) is 0 Å². The van der Waals surface area contributed by atoms with Gasteiger partial charge in [-0.25, -0.2) is 4.79 Å². The predicted molar refractivity (Wildman–Crippen MR) is 107 cm³/mol. The van der Waals surface area contributed by atoms with Gasteiger partial charge in [0, 0.05) is 12.5 Å². The zero-order valence-electron chi connectivity index (χ0n) is 16.7. The molecule has 28 heavy (non-hydrogen) atoms. The van der Waals surface area contributed by atoms with Crippen molar-refractivity contribution in [2.75, 3.05) is 20.8 Å². The van der Waals surface area contributed by atoms with E-state index in [1.54, 1.807) is 19.1 Å². The lowest BCUT2D eigenvalue weighted by atomic mass is 9.96. The van der Waals surface area contributed by atoms with Crippen LogP contribution in [0.3, 0.4) is 0 Å². The molecular formula is C22H27NO5. The minimum Gasteiger partial charge on any atom is -0.493 e. The van der Waals surface area contributed by atoms with Crippen LogP contribution in [0, 0.1) is 0 Å². The Hall–Kier alpha value is -3.02. The number of methoxy groups -OCH3 is 2. The first-order chi connectivity index (χ1) is 13.5. The highest BCUT2D eigenvalue weighted by atomic mass is 16.5. The van der Waals surface area contributed by atoms with Crippen LogP contribution in [0.5, 0.6) is 11.5 Å². The van der Waals surface area contributed by atoms with Gasteiger partial charge in [-0.2, -0.15) is 0 Å². The first-order valence-electron chi connectivity index (χ1n) is 9.25. The Balaban J connectivity index is 1.93. The van der Waals surface area contributed by atoms with Gasteiger partial charge in [0.05, 0.1) is 19.8 Å². The summed E-state index contributed by atoms with van der Waals surface area (Å²) in [5, 5.41) is 2.87. The van der Waals surface area contributed by atoms with Gasteiger partial charge < -0.3 is 19.5 Å². The second-order valence-electron chi connectivity index (χ2n) is 6.38. The van der Waals surface area contributed by atoms with E-state index in [0.29, 0.717) is 18.0 Å². The molecule has 1 amide bonds. The molecule has 0 saturated carbocycles. The number of carbonyl (C=O) groups is 2. The van der Waals surface area contributed by atoms with Gasteiger partial charge in [-0.15, -0.1) is 0 Å². The van der Waals surface area contributed by atoms with Gasteiger partial charge >= 0.3 is 5.97 Å². The summed E-state index contributed by atoms with van der Waals surface area (Å²) in [5.74, 6) is 0.208. The van der Waals surface area contributed by atoms with E-state index in [1.807, 2.05) is 30.3 Å². The van der Waals surface area contributed by atoms with E-state index >= 15 is 0 Å². The SMILES string of the molecule is CC[C@@H](CNC(=O)[C@@H](C)OC(=O)c1ccc(OC)c(OC)c1)c1ccccc1. The summed E-state index contributed by atoms with van der Waals surface area (Å²) in [6.45, 7) is 4.11. The molecule has 0 aliphatic carbocycles. The molecule has 6 heteroatoms. The summed E-state index contributed by atoms with van der Waals surface area (Å²) in [6.07, 6.45) is -0.0155. The molecule has 0 unspecified atom stereocenters. The minimum absolute atomic E-state index is 0.207. The van der Waals surface area contributed by atoms with Gasteiger partial charge in [-0.05, 0) is 37.1 Å².